The number of carbonyl (C=O) groups is 5. The number of ether oxygens (including phenoxy) is 3. The molecule has 0 aliphatic carbocycles. The van der Waals surface area contributed by atoms with Gasteiger partial charge in [0.05, 0.1) is 33.3 Å². The molecule has 7 N–H and O–H groups in total. The second-order valence-electron chi connectivity index (χ2n) is 16.3. The first-order valence-corrected chi connectivity index (χ1v) is 22.9. The van der Waals surface area contributed by atoms with Crippen molar-refractivity contribution in [1.82, 2.24) is 0 Å². The zero-order chi connectivity index (χ0) is 49.1. The molecule has 68 heavy (non-hydrogen) atoms. The van der Waals surface area contributed by atoms with Gasteiger partial charge in [0, 0.05) is 48.1 Å². The van der Waals surface area contributed by atoms with Gasteiger partial charge in [0.25, 0.3) is 0 Å². The van der Waals surface area contributed by atoms with Crippen LogP contribution in [0.2, 0.25) is 0 Å². The normalized spacial score (nSPS) is 11.9. The summed E-state index contributed by atoms with van der Waals surface area (Å²) < 4.78 is 38.0. The minimum absolute atomic E-state index is 0.00910. The summed E-state index contributed by atoms with van der Waals surface area (Å²) >= 11 is 0. The van der Waals surface area contributed by atoms with Crippen LogP contribution in [-0.2, 0) is 45.5 Å². The monoisotopic (exact) mass is 954 g/mol. The van der Waals surface area contributed by atoms with Gasteiger partial charge in [0.15, 0.2) is 0 Å². The molecule has 5 aromatic rings. The number of hydrogen-bond acceptors (Lipinski definition) is 12. The highest BCUT2D eigenvalue weighted by Gasteiger charge is 2.23. The Hall–Kier alpha value is -7.28. The molecule has 0 fully saturated rings. The Kier molecular flexibility index (Phi) is 19.0. The smallest absolute Gasteiger partial charge is 0.460 e. The number of anilines is 6. The van der Waals surface area contributed by atoms with Crippen LogP contribution in [0, 0.1) is 0 Å². The fourth-order valence-corrected chi connectivity index (χ4v) is 6.86. The van der Waals surface area contributed by atoms with E-state index in [-0.39, 0.29) is 44.5 Å². The largest absolute Gasteiger partial charge is 0.472 e. The maximum atomic E-state index is 12.9. The zero-order valence-electron chi connectivity index (χ0n) is 38.5. The molecule has 0 aromatic heterocycles. The Morgan fingerprint density at radius 1 is 0.515 bits per heavy atom. The van der Waals surface area contributed by atoms with Gasteiger partial charge in [-0.3, -0.25) is 24.5 Å². The number of rotatable bonds is 22. The van der Waals surface area contributed by atoms with Crippen LogP contribution in [0.3, 0.4) is 0 Å². The first kappa shape index (κ1) is 51.7. The number of esters is 1. The van der Waals surface area contributed by atoms with E-state index in [9.17, 15) is 33.4 Å². The third kappa shape index (κ3) is 18.9. The zero-order valence-corrected chi connectivity index (χ0v) is 39.4. The van der Waals surface area contributed by atoms with Crippen molar-refractivity contribution >= 4 is 72.0 Å². The van der Waals surface area contributed by atoms with Crippen LogP contribution < -0.4 is 31.9 Å². The predicted molar refractivity (Wildman–Crippen MR) is 259 cm³/mol. The summed E-state index contributed by atoms with van der Waals surface area (Å²) in [6, 6.07) is 33.3. The van der Waals surface area contributed by atoms with Crippen LogP contribution >= 0.6 is 7.82 Å². The summed E-state index contributed by atoms with van der Waals surface area (Å²) in [6.07, 6.45) is -0.152. The summed E-state index contributed by atoms with van der Waals surface area (Å²) in [6.45, 7) is 0.970. The average Bonchev–Trinajstić information content (AvgIpc) is 3.28. The van der Waals surface area contributed by atoms with E-state index in [0.717, 1.165) is 27.9 Å². The van der Waals surface area contributed by atoms with Gasteiger partial charge < -0.3 is 44.9 Å². The minimum atomic E-state index is -4.32. The Balaban J connectivity index is 0.973. The van der Waals surface area contributed by atoms with E-state index >= 15 is 0 Å². The topological polar surface area (TPSA) is 241 Å². The van der Waals surface area contributed by atoms with Crippen molar-refractivity contribution in [2.45, 2.75) is 19.8 Å². The van der Waals surface area contributed by atoms with Crippen molar-refractivity contribution in [3.8, 4) is 0 Å². The van der Waals surface area contributed by atoms with E-state index in [1.807, 2.05) is 81.8 Å². The molecule has 0 spiro atoms. The second kappa shape index (κ2) is 25.0. The summed E-state index contributed by atoms with van der Waals surface area (Å²) in [5, 5.41) is 16.4. The van der Waals surface area contributed by atoms with Crippen molar-refractivity contribution < 1.29 is 61.2 Å². The fourth-order valence-electron chi connectivity index (χ4n) is 6.17. The molecule has 5 rings (SSSR count). The molecule has 0 saturated heterocycles. The van der Waals surface area contributed by atoms with E-state index in [4.69, 9.17) is 23.3 Å². The van der Waals surface area contributed by atoms with Crippen LogP contribution in [0.1, 0.15) is 39.5 Å². The van der Waals surface area contributed by atoms with Crippen molar-refractivity contribution in [2.24, 2.45) is 0 Å². The van der Waals surface area contributed by atoms with E-state index in [1.165, 1.54) is 19.1 Å². The van der Waals surface area contributed by atoms with Crippen LogP contribution in [0.4, 0.5) is 48.5 Å². The Morgan fingerprint density at radius 3 is 1.35 bits per heavy atom. The molecule has 19 nitrogen and oxygen atoms in total. The van der Waals surface area contributed by atoms with Crippen LogP contribution in [0.5, 0.6) is 0 Å². The summed E-state index contributed by atoms with van der Waals surface area (Å²) in [5.41, 5.74) is 7.28. The van der Waals surface area contributed by atoms with Gasteiger partial charge >= 0.3 is 32.0 Å². The van der Waals surface area contributed by atoms with Crippen LogP contribution in [0.25, 0.3) is 0 Å². The molecule has 0 aliphatic rings. The van der Waals surface area contributed by atoms with E-state index in [1.54, 1.807) is 49.5 Å². The van der Waals surface area contributed by atoms with E-state index in [2.05, 4.69) is 31.9 Å². The molecule has 0 aliphatic heterocycles. The number of urea groups is 1. The summed E-state index contributed by atoms with van der Waals surface area (Å²) in [5.74, 6) is -0.865. The Morgan fingerprint density at radius 2 is 0.912 bits per heavy atom. The van der Waals surface area contributed by atoms with Gasteiger partial charge in [-0.15, -0.1) is 0 Å². The SMILES string of the molecule is CNc1cc(NC(=O)Nc2ccc(Cc3ccc(NC(=O)OCCOC(=O)Nc4ccc(Cc5ccc(NC(C)=O)cc5)cc4)cc3)cc2)cc(C(=O)OCCOP(=O)(O)OCC[N+](C)(C)C)c1. The molecule has 0 radical (unpaired) electrons. The minimum Gasteiger partial charge on any atom is -0.460 e. The van der Waals surface area contributed by atoms with Crippen LogP contribution in [0.15, 0.2) is 115 Å². The number of nitrogens with one attached hydrogen (secondary N) is 6. The van der Waals surface area contributed by atoms with Gasteiger partial charge in [0.1, 0.15) is 33.0 Å². The van der Waals surface area contributed by atoms with Crippen molar-refractivity contribution in [2.75, 3.05) is 99.7 Å². The number of quaternary nitrogens is 1. The molecule has 0 heterocycles. The summed E-state index contributed by atoms with van der Waals surface area (Å²) in [7, 11) is 3.07. The molecule has 0 bridgehead atoms. The molecular weight excluding hydrogens is 898 g/mol. The Bertz CT molecular complexity index is 2540. The number of nitrogens with zero attached hydrogens (tertiary/aromatic N) is 1. The first-order valence-electron chi connectivity index (χ1n) is 21.4. The number of hydrogen-bond donors (Lipinski definition) is 7. The van der Waals surface area contributed by atoms with Gasteiger partial charge in [-0.25, -0.2) is 23.7 Å². The highest BCUT2D eigenvalue weighted by atomic mass is 31.2. The van der Waals surface area contributed by atoms with Gasteiger partial charge in [0.2, 0.25) is 5.91 Å². The maximum Gasteiger partial charge on any atom is 0.472 e. The van der Waals surface area contributed by atoms with Gasteiger partial charge in [-0.2, -0.15) is 0 Å². The third-order valence-corrected chi connectivity index (χ3v) is 10.6. The van der Waals surface area contributed by atoms with E-state index < -0.39 is 32.0 Å². The highest BCUT2D eigenvalue weighted by molar-refractivity contribution is 7.47. The second-order valence-corrected chi connectivity index (χ2v) is 17.7. The standard InChI is InChI=1S/C48H56N7O12P/c1-33(56)50-39-14-6-34(7-15-39)28-36-10-18-41(19-11-36)53-47(59)64-24-25-65-48(60)54-42-20-12-37(13-21-42)29-35-8-16-40(17-9-35)51-46(58)52-44-31-38(30-43(32-44)49-2)45(57)63-26-27-67-68(61,62)66-23-22-55(3,4)5/h6-21,30-32,49H,22-29H2,1-5H3,(H5-,50,51,52,53,54,56,58,59,60,61,62)/p+1. The number of likely N-dealkylation sites (N-methyl/N-ethyl adjacent to an activating group) is 1. The van der Waals surface area contributed by atoms with Gasteiger partial charge in [-0.1, -0.05) is 48.5 Å². The average molecular weight is 955 g/mol. The Labute approximate surface area is 394 Å². The highest BCUT2D eigenvalue weighted by Crippen LogP contribution is 2.42. The molecule has 1 atom stereocenters. The number of phosphoric ester groups is 1. The fraction of sp³-hybridized carbons (Fsp3) is 0.271. The molecule has 5 amide bonds. The number of carbonyl (C=O) groups excluding carboxylic acids is 5. The first-order chi connectivity index (χ1) is 32.4. The molecular formula is C48H57N7O12P+. The number of benzene rings is 5. The lowest BCUT2D eigenvalue weighted by molar-refractivity contribution is -0.870. The molecule has 360 valence electrons. The van der Waals surface area contributed by atoms with Crippen molar-refractivity contribution in [1.29, 1.82) is 0 Å². The number of amides is 5. The lowest BCUT2D eigenvalue weighted by Crippen LogP contribution is -2.37. The molecule has 1 unspecified atom stereocenters. The lowest BCUT2D eigenvalue weighted by Gasteiger charge is -2.24. The van der Waals surface area contributed by atoms with Crippen molar-refractivity contribution in [3.63, 3.8) is 0 Å². The maximum absolute atomic E-state index is 12.9. The molecule has 0 saturated carbocycles. The van der Waals surface area contributed by atoms with Crippen LogP contribution in [-0.4, -0.2) is 107 Å². The van der Waals surface area contributed by atoms with E-state index in [0.29, 0.717) is 52.3 Å². The third-order valence-electron chi connectivity index (χ3n) is 9.56. The van der Waals surface area contributed by atoms with Gasteiger partial charge in [-0.05, 0) is 102 Å². The molecule has 20 heteroatoms. The predicted octanol–water partition coefficient (Wildman–Crippen LogP) is 8.31. The number of phosphoric acid groups is 1. The molecule has 5 aromatic carbocycles. The van der Waals surface area contributed by atoms with Crippen molar-refractivity contribution in [3.05, 3.63) is 143 Å². The summed E-state index contributed by atoms with van der Waals surface area (Å²) in [4.78, 5) is 71.4. The quantitative estimate of drug-likeness (QED) is 0.0114. The lowest BCUT2D eigenvalue weighted by atomic mass is 10.0.